The quantitative estimate of drug-likeness (QED) is 0.375. The van der Waals surface area contributed by atoms with Gasteiger partial charge in [-0.05, 0) is 73.4 Å². The van der Waals surface area contributed by atoms with Gasteiger partial charge in [-0.2, -0.15) is 0 Å². The molecule has 2 aliphatic rings. The average molecular weight is 504 g/mol. The van der Waals surface area contributed by atoms with E-state index in [1.807, 2.05) is 24.3 Å². The predicted molar refractivity (Wildman–Crippen MR) is 138 cm³/mol. The minimum Gasteiger partial charge on any atom is -0.491 e. The molecular weight excluding hydrogens is 469 g/mol. The number of rotatable bonds is 9. The maximum Gasteiger partial charge on any atom is 0.226 e. The van der Waals surface area contributed by atoms with Gasteiger partial charge in [-0.25, -0.2) is 0 Å². The lowest BCUT2D eigenvalue weighted by Gasteiger charge is -2.46. The summed E-state index contributed by atoms with van der Waals surface area (Å²) in [4.78, 5) is 12.9. The molecule has 184 valence electrons. The summed E-state index contributed by atoms with van der Waals surface area (Å²) >= 11 is 13.1. The van der Waals surface area contributed by atoms with E-state index in [-0.39, 0.29) is 35.1 Å². The highest BCUT2D eigenvalue weighted by atomic mass is 35.5. The first kappa shape index (κ1) is 25.3. The first-order valence-electron chi connectivity index (χ1n) is 12.4. The molecule has 1 N–H and O–H groups in total. The Morgan fingerprint density at radius 1 is 1.09 bits per heavy atom. The van der Waals surface area contributed by atoms with Crippen LogP contribution in [0.1, 0.15) is 69.4 Å². The number of carbonyl (C=O) groups excluding carboxylic acids is 1. The van der Waals surface area contributed by atoms with Gasteiger partial charge in [-0.3, -0.25) is 4.79 Å². The highest BCUT2D eigenvalue weighted by Gasteiger charge is 2.57. The van der Waals surface area contributed by atoms with Crippen molar-refractivity contribution < 1.29 is 14.3 Å². The highest BCUT2D eigenvalue weighted by Crippen LogP contribution is 2.59. The lowest BCUT2D eigenvalue weighted by atomic mass is 9.56. The first-order chi connectivity index (χ1) is 16.3. The Kier molecular flexibility index (Phi) is 8.12. The van der Waals surface area contributed by atoms with Gasteiger partial charge >= 0.3 is 0 Å². The van der Waals surface area contributed by atoms with E-state index in [0.29, 0.717) is 23.3 Å². The molecule has 1 amide bonds. The molecule has 4 nitrogen and oxygen atoms in total. The van der Waals surface area contributed by atoms with Crippen LogP contribution in [0.2, 0.25) is 10.0 Å². The van der Waals surface area contributed by atoms with Gasteiger partial charge in [0, 0.05) is 28.6 Å². The molecule has 1 aliphatic carbocycles. The Bertz CT molecular complexity index is 996. The highest BCUT2D eigenvalue weighted by molar-refractivity contribution is 6.31. The molecule has 1 saturated heterocycles. The fraction of sp³-hybridized carbons (Fsp3) is 0.536. The molecule has 5 unspecified atom stereocenters. The molecule has 5 atom stereocenters. The minimum absolute atomic E-state index is 0.0927. The van der Waals surface area contributed by atoms with Crippen LogP contribution in [0.4, 0.5) is 0 Å². The van der Waals surface area contributed by atoms with E-state index >= 15 is 0 Å². The zero-order valence-electron chi connectivity index (χ0n) is 20.3. The molecule has 6 heteroatoms. The van der Waals surface area contributed by atoms with Crippen LogP contribution in [-0.4, -0.2) is 31.8 Å². The molecule has 2 aromatic carbocycles. The second-order valence-corrected chi connectivity index (χ2v) is 10.8. The minimum atomic E-state index is -0.381. The molecule has 1 heterocycles. The molecule has 34 heavy (non-hydrogen) atoms. The normalized spacial score (nSPS) is 28.4. The maximum atomic E-state index is 12.9. The van der Waals surface area contributed by atoms with Crippen molar-refractivity contribution in [2.45, 2.75) is 64.3 Å². The number of fused-ring (bicyclic) bond motifs is 1. The summed E-state index contributed by atoms with van der Waals surface area (Å²) in [6.45, 7) is 8.23. The fourth-order valence-corrected chi connectivity index (χ4v) is 6.41. The van der Waals surface area contributed by atoms with Gasteiger partial charge < -0.3 is 14.8 Å². The van der Waals surface area contributed by atoms with Crippen LogP contribution in [0.5, 0.6) is 5.75 Å². The van der Waals surface area contributed by atoms with Crippen molar-refractivity contribution in [3.8, 4) is 5.75 Å². The van der Waals surface area contributed by atoms with Gasteiger partial charge in [0.2, 0.25) is 5.91 Å². The van der Waals surface area contributed by atoms with Crippen molar-refractivity contribution in [3.05, 3.63) is 63.6 Å². The molecule has 2 fully saturated rings. The second-order valence-electron chi connectivity index (χ2n) is 9.93. The summed E-state index contributed by atoms with van der Waals surface area (Å²) in [6, 6.07) is 14.2. The Balaban J connectivity index is 1.58. The second kappa shape index (κ2) is 10.9. The van der Waals surface area contributed by atoms with Crippen molar-refractivity contribution in [2.24, 2.45) is 11.3 Å². The number of hydrogen-bond acceptors (Lipinski definition) is 3. The van der Waals surface area contributed by atoms with Crippen LogP contribution in [0.3, 0.4) is 0 Å². The van der Waals surface area contributed by atoms with Gasteiger partial charge in [-0.1, -0.05) is 61.7 Å². The molecule has 0 bridgehead atoms. The molecular formula is C28H35Cl2NO3. The van der Waals surface area contributed by atoms with Gasteiger partial charge in [-0.15, -0.1) is 0 Å². The summed E-state index contributed by atoms with van der Waals surface area (Å²) < 4.78 is 11.5. The number of carbonyl (C=O) groups is 1. The monoisotopic (exact) mass is 503 g/mol. The molecule has 1 aliphatic heterocycles. The van der Waals surface area contributed by atoms with E-state index in [1.54, 1.807) is 0 Å². The number of halogens is 2. The average Bonchev–Trinajstić information content (AvgIpc) is 3.05. The van der Waals surface area contributed by atoms with Crippen molar-refractivity contribution in [2.75, 3.05) is 19.8 Å². The first-order valence-corrected chi connectivity index (χ1v) is 13.2. The van der Waals surface area contributed by atoms with E-state index in [9.17, 15) is 4.79 Å². The van der Waals surface area contributed by atoms with Crippen LogP contribution in [0.25, 0.3) is 0 Å². The van der Waals surface area contributed by atoms with Crippen LogP contribution in [0.15, 0.2) is 42.5 Å². The molecule has 0 radical (unpaired) electrons. The number of nitrogens with one attached hydrogen (secondary N) is 1. The Hall–Kier alpha value is -1.75. The number of unbranched alkanes of at least 4 members (excludes halogenated alkanes) is 1. The topological polar surface area (TPSA) is 47.6 Å². The van der Waals surface area contributed by atoms with Crippen LogP contribution in [-0.2, 0) is 9.53 Å². The van der Waals surface area contributed by atoms with E-state index in [0.717, 1.165) is 43.6 Å². The van der Waals surface area contributed by atoms with Crippen LogP contribution >= 0.6 is 23.2 Å². The number of amides is 1. The van der Waals surface area contributed by atoms with Gasteiger partial charge in [0.05, 0.1) is 12.0 Å². The van der Waals surface area contributed by atoms with E-state index in [1.165, 1.54) is 5.56 Å². The van der Waals surface area contributed by atoms with Crippen molar-refractivity contribution in [1.82, 2.24) is 5.32 Å². The molecule has 0 spiro atoms. The standard InChI is InChI=1S/C28H35Cl2NO3/c1-4-5-14-33-15-16-34-21-10-11-22(24(30)17-21)23-12-13-28(3)26(18(2)31-27(28)32)25(23)19-6-8-20(29)9-7-19/h6-11,17-18,23,25-26H,4-5,12-16H2,1-3H3,(H,31,32). The summed E-state index contributed by atoms with van der Waals surface area (Å²) in [6.07, 6.45) is 3.92. The Morgan fingerprint density at radius 3 is 2.56 bits per heavy atom. The van der Waals surface area contributed by atoms with E-state index in [2.05, 4.69) is 44.3 Å². The van der Waals surface area contributed by atoms with Crippen molar-refractivity contribution in [3.63, 3.8) is 0 Å². The lowest BCUT2D eigenvalue weighted by molar-refractivity contribution is -0.129. The largest absolute Gasteiger partial charge is 0.491 e. The summed E-state index contributed by atoms with van der Waals surface area (Å²) in [7, 11) is 0. The maximum absolute atomic E-state index is 12.9. The number of ether oxygens (including phenoxy) is 2. The summed E-state index contributed by atoms with van der Waals surface area (Å²) in [5, 5.41) is 4.64. The zero-order chi connectivity index (χ0) is 24.3. The van der Waals surface area contributed by atoms with Gasteiger partial charge in [0.15, 0.2) is 0 Å². The summed E-state index contributed by atoms with van der Waals surface area (Å²) in [5.74, 6) is 1.45. The predicted octanol–water partition coefficient (Wildman–Crippen LogP) is 6.99. The Labute approximate surface area is 213 Å². The lowest BCUT2D eigenvalue weighted by Crippen LogP contribution is -2.42. The molecule has 2 aromatic rings. The zero-order valence-corrected chi connectivity index (χ0v) is 21.8. The van der Waals surface area contributed by atoms with Crippen molar-refractivity contribution in [1.29, 1.82) is 0 Å². The number of benzene rings is 2. The fourth-order valence-electron chi connectivity index (χ4n) is 5.98. The third-order valence-electron chi connectivity index (χ3n) is 7.71. The molecule has 0 aromatic heterocycles. The summed E-state index contributed by atoms with van der Waals surface area (Å²) in [5.41, 5.74) is 1.93. The molecule has 1 saturated carbocycles. The SMILES string of the molecule is CCCCOCCOc1ccc(C2CCC3(C)C(=O)NC(C)C3C2c2ccc(Cl)cc2)c(Cl)c1. The van der Waals surface area contributed by atoms with Crippen molar-refractivity contribution >= 4 is 29.1 Å². The number of hydrogen-bond donors (Lipinski definition) is 1. The van der Waals surface area contributed by atoms with Crippen LogP contribution < -0.4 is 10.1 Å². The third kappa shape index (κ3) is 5.10. The van der Waals surface area contributed by atoms with E-state index in [4.69, 9.17) is 32.7 Å². The van der Waals surface area contributed by atoms with Crippen LogP contribution in [0, 0.1) is 11.3 Å². The van der Waals surface area contributed by atoms with Gasteiger partial charge in [0.25, 0.3) is 0 Å². The van der Waals surface area contributed by atoms with E-state index < -0.39 is 0 Å². The molecule has 4 rings (SSSR count). The van der Waals surface area contributed by atoms with Gasteiger partial charge in [0.1, 0.15) is 12.4 Å². The Morgan fingerprint density at radius 2 is 1.85 bits per heavy atom. The smallest absolute Gasteiger partial charge is 0.226 e. The third-order valence-corrected chi connectivity index (χ3v) is 8.29.